The van der Waals surface area contributed by atoms with E-state index >= 15 is 0 Å². The summed E-state index contributed by atoms with van der Waals surface area (Å²) in [5.74, 6) is -3.64. The Morgan fingerprint density at radius 1 is 1.54 bits per heavy atom. The van der Waals surface area contributed by atoms with Crippen molar-refractivity contribution in [3.8, 4) is 0 Å². The Morgan fingerprint density at radius 3 is 2.31 bits per heavy atom. The molecule has 0 saturated heterocycles. The van der Waals surface area contributed by atoms with Gasteiger partial charge < -0.3 is 10.8 Å². The largest absolute Gasteiger partial charge is 0.385 e. The fourth-order valence-electron chi connectivity index (χ4n) is 1.03. The highest BCUT2D eigenvalue weighted by Gasteiger charge is 2.41. The van der Waals surface area contributed by atoms with E-state index in [1.165, 1.54) is 0 Å². The maximum absolute atomic E-state index is 12.5. The average molecular weight is 195 g/mol. The lowest BCUT2D eigenvalue weighted by atomic mass is 9.97. The van der Waals surface area contributed by atoms with Crippen LogP contribution in [0, 0.1) is 5.92 Å². The van der Waals surface area contributed by atoms with Crippen LogP contribution in [0.4, 0.5) is 8.78 Å². The number of nitrogens with two attached hydrogens (primary N) is 1. The van der Waals surface area contributed by atoms with Crippen LogP contribution in [0.3, 0.4) is 0 Å². The minimum Gasteiger partial charge on any atom is -0.385 e. The molecule has 78 valence electrons. The Hall–Kier alpha value is -0.550. The van der Waals surface area contributed by atoms with E-state index in [1.807, 2.05) is 0 Å². The van der Waals surface area contributed by atoms with Gasteiger partial charge in [-0.3, -0.25) is 4.79 Å². The molecule has 5 heteroatoms. The summed E-state index contributed by atoms with van der Waals surface area (Å²) < 4.78 is 25.1. The van der Waals surface area contributed by atoms with Crippen LogP contribution in [0.2, 0.25) is 0 Å². The van der Waals surface area contributed by atoms with E-state index in [0.29, 0.717) is 0 Å². The van der Waals surface area contributed by atoms with Crippen molar-refractivity contribution in [1.29, 1.82) is 0 Å². The third-order valence-electron chi connectivity index (χ3n) is 1.70. The van der Waals surface area contributed by atoms with E-state index in [9.17, 15) is 13.6 Å². The molecule has 0 heterocycles. The summed E-state index contributed by atoms with van der Waals surface area (Å²) >= 11 is 0. The summed E-state index contributed by atoms with van der Waals surface area (Å²) in [7, 11) is 0. The monoisotopic (exact) mass is 195 g/mol. The summed E-state index contributed by atoms with van der Waals surface area (Å²) in [4.78, 5) is 9.89. The number of rotatable bonds is 5. The third-order valence-corrected chi connectivity index (χ3v) is 1.70. The summed E-state index contributed by atoms with van der Waals surface area (Å²) in [6.45, 7) is 3.59. The molecule has 3 nitrogen and oxygen atoms in total. The first-order valence-electron chi connectivity index (χ1n) is 4.09. The van der Waals surface area contributed by atoms with E-state index in [4.69, 9.17) is 10.8 Å². The molecule has 0 rings (SSSR count). The van der Waals surface area contributed by atoms with Crippen LogP contribution in [-0.4, -0.2) is 29.5 Å². The molecule has 0 aromatic carbocycles. The quantitative estimate of drug-likeness (QED) is 0.630. The predicted octanol–water partition coefficient (Wildman–Crippen LogP) is 0.555. The van der Waals surface area contributed by atoms with Crippen LogP contribution in [0.25, 0.3) is 0 Å². The molecule has 0 saturated carbocycles. The van der Waals surface area contributed by atoms with Crippen LogP contribution in [0.15, 0.2) is 0 Å². The Bertz CT molecular complexity index is 174. The fourth-order valence-corrected chi connectivity index (χ4v) is 1.03. The lowest BCUT2D eigenvalue weighted by molar-refractivity contribution is -0.149. The number of alkyl halides is 2. The number of carbonyl (C=O) groups excluding carboxylic acids is 1. The summed E-state index contributed by atoms with van der Waals surface area (Å²) in [5, 5.41) is 8.99. The van der Waals surface area contributed by atoms with Crippen molar-refractivity contribution in [2.45, 2.75) is 38.3 Å². The molecule has 0 aliphatic heterocycles. The summed E-state index contributed by atoms with van der Waals surface area (Å²) in [5.41, 5.74) is 5.29. The van der Waals surface area contributed by atoms with Crippen LogP contribution in [-0.2, 0) is 4.79 Å². The number of aliphatic hydroxyl groups excluding tert-OH is 1. The van der Waals surface area contributed by atoms with E-state index < -0.39 is 24.4 Å². The smallest absolute Gasteiger partial charge is 0.329 e. The molecule has 0 amide bonds. The Morgan fingerprint density at radius 2 is 2.00 bits per heavy atom. The second-order valence-electron chi connectivity index (χ2n) is 3.53. The van der Waals surface area contributed by atoms with Crippen LogP contribution < -0.4 is 5.73 Å². The molecule has 0 spiro atoms. The minimum absolute atomic E-state index is 0.104. The van der Waals surface area contributed by atoms with Gasteiger partial charge in [-0.1, -0.05) is 13.8 Å². The Kier molecular flexibility index (Phi) is 4.43. The molecular formula is C8H15F2NO2. The Labute approximate surface area is 75.9 Å². The summed E-state index contributed by atoms with van der Waals surface area (Å²) in [6, 6.07) is -1.07. The highest BCUT2D eigenvalue weighted by atomic mass is 19.3. The molecule has 0 aliphatic carbocycles. The molecule has 0 radical (unpaired) electrons. The zero-order valence-corrected chi connectivity index (χ0v) is 7.71. The third kappa shape index (κ3) is 3.78. The van der Waals surface area contributed by atoms with Crippen molar-refractivity contribution in [1.82, 2.24) is 0 Å². The van der Waals surface area contributed by atoms with Crippen molar-refractivity contribution in [2.24, 2.45) is 11.7 Å². The lowest BCUT2D eigenvalue weighted by Crippen LogP contribution is -2.48. The number of halogens is 2. The predicted molar refractivity (Wildman–Crippen MR) is 44.4 cm³/mol. The average Bonchev–Trinajstić information content (AvgIpc) is 2.01. The van der Waals surface area contributed by atoms with Gasteiger partial charge >= 0.3 is 5.92 Å². The number of carbonyl (C=O) groups is 1. The van der Waals surface area contributed by atoms with Gasteiger partial charge in [0.25, 0.3) is 0 Å². The van der Waals surface area contributed by atoms with E-state index in [1.54, 1.807) is 13.8 Å². The Balaban J connectivity index is 4.24. The van der Waals surface area contributed by atoms with Gasteiger partial charge in [-0.25, -0.2) is 0 Å². The summed E-state index contributed by atoms with van der Waals surface area (Å²) in [6.07, 6.45) is -2.41. The first-order chi connectivity index (χ1) is 5.81. The molecule has 0 fully saturated rings. The van der Waals surface area contributed by atoms with Crippen molar-refractivity contribution in [2.75, 3.05) is 0 Å². The highest BCUT2D eigenvalue weighted by Crippen LogP contribution is 2.20. The van der Waals surface area contributed by atoms with Gasteiger partial charge in [0, 0.05) is 6.04 Å². The van der Waals surface area contributed by atoms with E-state index in [-0.39, 0.29) is 12.3 Å². The second kappa shape index (κ2) is 4.62. The molecule has 1 unspecified atom stereocenters. The van der Waals surface area contributed by atoms with Crippen molar-refractivity contribution in [3.63, 3.8) is 0 Å². The highest BCUT2D eigenvalue weighted by molar-refractivity contribution is 5.60. The fraction of sp³-hybridized carbons (Fsp3) is 0.875. The van der Waals surface area contributed by atoms with Crippen LogP contribution in [0.1, 0.15) is 20.3 Å². The van der Waals surface area contributed by atoms with Gasteiger partial charge in [0.1, 0.15) is 6.10 Å². The lowest BCUT2D eigenvalue weighted by Gasteiger charge is -2.24. The molecule has 13 heavy (non-hydrogen) atoms. The van der Waals surface area contributed by atoms with Crippen molar-refractivity contribution < 1.29 is 18.7 Å². The molecular weight excluding hydrogens is 180 g/mol. The minimum atomic E-state index is -3.74. The molecule has 2 atom stereocenters. The van der Waals surface area contributed by atoms with Crippen LogP contribution in [0.5, 0.6) is 0 Å². The second-order valence-corrected chi connectivity index (χ2v) is 3.53. The van der Waals surface area contributed by atoms with Gasteiger partial charge in [0.05, 0.1) is 0 Å². The first-order valence-corrected chi connectivity index (χ1v) is 4.09. The van der Waals surface area contributed by atoms with Gasteiger partial charge in [-0.2, -0.15) is 8.78 Å². The molecule has 0 bridgehead atoms. The number of aldehydes is 1. The zero-order chi connectivity index (χ0) is 10.6. The molecule has 0 aromatic rings. The normalized spacial score (nSPS) is 17.2. The van der Waals surface area contributed by atoms with Gasteiger partial charge in [0.2, 0.25) is 0 Å². The van der Waals surface area contributed by atoms with Gasteiger partial charge in [-0.05, 0) is 12.3 Å². The molecule has 0 aromatic heterocycles. The van der Waals surface area contributed by atoms with Crippen molar-refractivity contribution in [3.05, 3.63) is 0 Å². The van der Waals surface area contributed by atoms with Gasteiger partial charge in [-0.15, -0.1) is 0 Å². The maximum Gasteiger partial charge on any atom is 0.329 e. The maximum atomic E-state index is 12.5. The van der Waals surface area contributed by atoms with E-state index in [0.717, 1.165) is 0 Å². The number of aliphatic hydroxyl groups is 1. The number of hydrogen-bond acceptors (Lipinski definition) is 3. The van der Waals surface area contributed by atoms with Crippen LogP contribution >= 0.6 is 0 Å². The van der Waals surface area contributed by atoms with E-state index in [2.05, 4.69) is 0 Å². The van der Waals surface area contributed by atoms with Gasteiger partial charge in [0.15, 0.2) is 6.29 Å². The first kappa shape index (κ1) is 12.4. The SMILES string of the molecule is CC(C)CC(N)[C@H](O)C(F)(F)C=O. The van der Waals surface area contributed by atoms with Crippen molar-refractivity contribution >= 4 is 6.29 Å². The number of hydrogen-bond donors (Lipinski definition) is 2. The zero-order valence-electron chi connectivity index (χ0n) is 7.71. The standard InChI is InChI=1S/C8H15F2NO2/c1-5(2)3-6(11)7(13)8(9,10)4-12/h4-7,13H,3,11H2,1-2H3/t6?,7-/m0/s1. The molecule has 0 aliphatic rings. The topological polar surface area (TPSA) is 63.3 Å². The molecule has 3 N–H and O–H groups in total.